The first-order valence-corrected chi connectivity index (χ1v) is 6.81. The number of benzene rings is 1. The first-order valence-electron chi connectivity index (χ1n) is 6.81. The zero-order chi connectivity index (χ0) is 16.0. The van der Waals surface area contributed by atoms with Crippen molar-refractivity contribution in [1.82, 2.24) is 5.32 Å². The van der Waals surface area contributed by atoms with Gasteiger partial charge in [0, 0.05) is 38.2 Å². The molecule has 4 nitrogen and oxygen atoms in total. The van der Waals surface area contributed by atoms with Crippen molar-refractivity contribution in [3.8, 4) is 0 Å². The standard InChI is InChI=1S/C15H20F2N2O2/c1-10(2)8-15(21)18-6-7-19(11(3)20)12-4-5-13(16)14(17)9-12/h4-5,9-10H,6-8H2,1-3H3,(H,18,21). The highest BCUT2D eigenvalue weighted by Gasteiger charge is 2.14. The second kappa shape index (κ2) is 7.71. The summed E-state index contributed by atoms with van der Waals surface area (Å²) in [6.07, 6.45) is 0.408. The Morgan fingerprint density at radius 1 is 1.24 bits per heavy atom. The first kappa shape index (κ1) is 17.1. The molecule has 0 aliphatic carbocycles. The summed E-state index contributed by atoms with van der Waals surface area (Å²) in [5.41, 5.74) is 0.263. The van der Waals surface area contributed by atoms with Gasteiger partial charge in [0.05, 0.1) is 0 Å². The van der Waals surface area contributed by atoms with Gasteiger partial charge in [-0.05, 0) is 18.1 Å². The molecule has 0 radical (unpaired) electrons. The summed E-state index contributed by atoms with van der Waals surface area (Å²) in [5, 5.41) is 2.69. The average Bonchev–Trinajstić information content (AvgIpc) is 2.37. The number of hydrogen-bond acceptors (Lipinski definition) is 2. The molecule has 0 bridgehead atoms. The van der Waals surface area contributed by atoms with Gasteiger partial charge in [-0.25, -0.2) is 8.78 Å². The molecule has 1 N–H and O–H groups in total. The Morgan fingerprint density at radius 2 is 1.90 bits per heavy atom. The van der Waals surface area contributed by atoms with E-state index >= 15 is 0 Å². The highest BCUT2D eigenvalue weighted by atomic mass is 19.2. The molecule has 0 heterocycles. The van der Waals surface area contributed by atoms with Crippen LogP contribution in [0.25, 0.3) is 0 Å². The molecule has 6 heteroatoms. The van der Waals surface area contributed by atoms with Gasteiger partial charge in [0.15, 0.2) is 11.6 Å². The number of nitrogens with one attached hydrogen (secondary N) is 1. The smallest absolute Gasteiger partial charge is 0.223 e. The van der Waals surface area contributed by atoms with Crippen LogP contribution in [-0.4, -0.2) is 24.9 Å². The predicted octanol–water partition coefficient (Wildman–Crippen LogP) is 2.48. The number of nitrogens with zero attached hydrogens (tertiary/aromatic N) is 1. The largest absolute Gasteiger partial charge is 0.354 e. The molecule has 0 aliphatic heterocycles. The van der Waals surface area contributed by atoms with Crippen LogP contribution in [0.1, 0.15) is 27.2 Å². The van der Waals surface area contributed by atoms with Crippen LogP contribution >= 0.6 is 0 Å². The van der Waals surface area contributed by atoms with Gasteiger partial charge in [-0.2, -0.15) is 0 Å². The summed E-state index contributed by atoms with van der Waals surface area (Å²) in [6, 6.07) is 3.26. The highest BCUT2D eigenvalue weighted by Crippen LogP contribution is 2.17. The third-order valence-corrected chi connectivity index (χ3v) is 2.85. The summed E-state index contributed by atoms with van der Waals surface area (Å²) >= 11 is 0. The van der Waals surface area contributed by atoms with Gasteiger partial charge < -0.3 is 10.2 Å². The van der Waals surface area contributed by atoms with Crippen molar-refractivity contribution < 1.29 is 18.4 Å². The van der Waals surface area contributed by atoms with Crippen LogP contribution in [-0.2, 0) is 9.59 Å². The minimum atomic E-state index is -1.01. The molecule has 0 fully saturated rings. The van der Waals surface area contributed by atoms with Gasteiger partial charge in [-0.1, -0.05) is 13.8 Å². The minimum Gasteiger partial charge on any atom is -0.354 e. The molecular weight excluding hydrogens is 278 g/mol. The van der Waals surface area contributed by atoms with E-state index in [9.17, 15) is 18.4 Å². The van der Waals surface area contributed by atoms with Gasteiger partial charge in [0.25, 0.3) is 0 Å². The predicted molar refractivity (Wildman–Crippen MR) is 76.8 cm³/mol. The number of amides is 2. The van der Waals surface area contributed by atoms with E-state index in [1.807, 2.05) is 13.8 Å². The van der Waals surface area contributed by atoms with Crippen molar-refractivity contribution in [2.45, 2.75) is 27.2 Å². The van der Waals surface area contributed by atoms with E-state index in [1.54, 1.807) is 0 Å². The van der Waals surface area contributed by atoms with E-state index < -0.39 is 11.6 Å². The Bertz CT molecular complexity index is 518. The lowest BCUT2D eigenvalue weighted by molar-refractivity contribution is -0.122. The Morgan fingerprint density at radius 3 is 2.43 bits per heavy atom. The molecule has 1 aromatic rings. The Labute approximate surface area is 123 Å². The first-order chi connectivity index (χ1) is 9.81. The normalized spacial score (nSPS) is 10.6. The lowest BCUT2D eigenvalue weighted by Gasteiger charge is -2.21. The molecule has 0 spiro atoms. The molecule has 2 amide bonds. The highest BCUT2D eigenvalue weighted by molar-refractivity contribution is 5.91. The van der Waals surface area contributed by atoms with Gasteiger partial charge >= 0.3 is 0 Å². The molecule has 21 heavy (non-hydrogen) atoms. The van der Waals surface area contributed by atoms with Crippen molar-refractivity contribution in [2.24, 2.45) is 5.92 Å². The van der Waals surface area contributed by atoms with Gasteiger partial charge in [-0.3, -0.25) is 9.59 Å². The van der Waals surface area contributed by atoms with E-state index in [0.29, 0.717) is 6.42 Å². The van der Waals surface area contributed by atoms with Gasteiger partial charge in [0.2, 0.25) is 11.8 Å². The fourth-order valence-electron chi connectivity index (χ4n) is 1.87. The lowest BCUT2D eigenvalue weighted by atomic mass is 10.1. The number of anilines is 1. The number of carbonyl (C=O) groups is 2. The molecular formula is C15H20F2N2O2. The van der Waals surface area contributed by atoms with Crippen LogP contribution in [0, 0.1) is 17.6 Å². The monoisotopic (exact) mass is 298 g/mol. The third kappa shape index (κ3) is 5.49. The van der Waals surface area contributed by atoms with E-state index in [-0.39, 0.29) is 36.5 Å². The van der Waals surface area contributed by atoms with Crippen LogP contribution in [0.4, 0.5) is 14.5 Å². The molecule has 0 saturated carbocycles. The van der Waals surface area contributed by atoms with Crippen LogP contribution < -0.4 is 10.2 Å². The number of hydrogen-bond donors (Lipinski definition) is 1. The summed E-state index contributed by atoms with van der Waals surface area (Å²) in [5.74, 6) is -2.13. The molecule has 0 unspecified atom stereocenters. The fraction of sp³-hybridized carbons (Fsp3) is 0.467. The third-order valence-electron chi connectivity index (χ3n) is 2.85. The van der Waals surface area contributed by atoms with Crippen molar-refractivity contribution in [3.05, 3.63) is 29.8 Å². The Balaban J connectivity index is 2.64. The second-order valence-corrected chi connectivity index (χ2v) is 5.22. The van der Waals surface area contributed by atoms with Crippen molar-refractivity contribution >= 4 is 17.5 Å². The zero-order valence-corrected chi connectivity index (χ0v) is 12.5. The van der Waals surface area contributed by atoms with Crippen LogP contribution in [0.5, 0.6) is 0 Å². The van der Waals surface area contributed by atoms with E-state index in [4.69, 9.17) is 0 Å². The maximum atomic E-state index is 13.2. The quantitative estimate of drug-likeness (QED) is 0.877. The summed E-state index contributed by atoms with van der Waals surface area (Å²) in [4.78, 5) is 24.4. The number of halogens is 2. The molecule has 0 saturated heterocycles. The van der Waals surface area contributed by atoms with Crippen LogP contribution in [0.2, 0.25) is 0 Å². The SMILES string of the molecule is CC(=O)N(CCNC(=O)CC(C)C)c1ccc(F)c(F)c1. The van der Waals surface area contributed by atoms with Crippen molar-refractivity contribution in [1.29, 1.82) is 0 Å². The fourth-order valence-corrected chi connectivity index (χ4v) is 1.87. The van der Waals surface area contributed by atoms with E-state index in [0.717, 1.165) is 12.1 Å². The Kier molecular flexibility index (Phi) is 6.27. The average molecular weight is 298 g/mol. The molecule has 0 aromatic heterocycles. The number of rotatable bonds is 6. The lowest BCUT2D eigenvalue weighted by Crippen LogP contribution is -2.37. The molecule has 116 valence electrons. The van der Waals surface area contributed by atoms with Crippen molar-refractivity contribution in [3.63, 3.8) is 0 Å². The Hall–Kier alpha value is -1.98. The topological polar surface area (TPSA) is 49.4 Å². The van der Waals surface area contributed by atoms with Gasteiger partial charge in [0.1, 0.15) is 0 Å². The zero-order valence-electron chi connectivity index (χ0n) is 12.5. The summed E-state index contributed by atoms with van der Waals surface area (Å²) < 4.78 is 26.1. The van der Waals surface area contributed by atoms with E-state index in [2.05, 4.69) is 5.32 Å². The van der Waals surface area contributed by atoms with Crippen LogP contribution in [0.3, 0.4) is 0 Å². The molecule has 1 aromatic carbocycles. The molecule has 1 rings (SSSR count). The van der Waals surface area contributed by atoms with Crippen LogP contribution in [0.15, 0.2) is 18.2 Å². The van der Waals surface area contributed by atoms with E-state index in [1.165, 1.54) is 17.9 Å². The summed E-state index contributed by atoms with van der Waals surface area (Å²) in [7, 11) is 0. The molecule has 0 atom stereocenters. The second-order valence-electron chi connectivity index (χ2n) is 5.22. The van der Waals surface area contributed by atoms with Gasteiger partial charge in [-0.15, -0.1) is 0 Å². The summed E-state index contributed by atoms with van der Waals surface area (Å²) in [6.45, 7) is 5.65. The maximum Gasteiger partial charge on any atom is 0.223 e. The maximum absolute atomic E-state index is 13.2. The molecule has 0 aliphatic rings. The number of carbonyl (C=O) groups excluding carboxylic acids is 2. The minimum absolute atomic E-state index is 0.0983. The van der Waals surface area contributed by atoms with Crippen molar-refractivity contribution in [2.75, 3.05) is 18.0 Å².